The fraction of sp³-hybridized carbons (Fsp3) is 0.462. The molecule has 15 heavy (non-hydrogen) atoms. The zero-order chi connectivity index (χ0) is 10.3. The minimum absolute atomic E-state index is 0.279. The number of fused-ring (bicyclic) bond motifs is 2. The van der Waals surface area contributed by atoms with Crippen molar-refractivity contribution < 1.29 is 4.79 Å². The molecule has 1 aromatic carbocycles. The van der Waals surface area contributed by atoms with Crippen molar-refractivity contribution in [2.24, 2.45) is 11.8 Å². The van der Waals surface area contributed by atoms with Crippen LogP contribution in [-0.4, -0.2) is 18.9 Å². The molecule has 3 rings (SSSR count). The third-order valence-electron chi connectivity index (χ3n) is 3.71. The number of Topliss-reactive ketones (excluding diaryl/α,β-unsaturated/α-hetero) is 1. The van der Waals surface area contributed by atoms with Crippen molar-refractivity contribution in [2.75, 3.05) is 13.1 Å². The molecule has 0 amide bonds. The summed E-state index contributed by atoms with van der Waals surface area (Å²) in [6, 6.07) is 8.08. The molecule has 1 heterocycles. The number of piperidine rings is 1. The fourth-order valence-electron chi connectivity index (χ4n) is 2.90. The van der Waals surface area contributed by atoms with Crippen molar-refractivity contribution in [3.8, 4) is 0 Å². The minimum atomic E-state index is 0.279. The van der Waals surface area contributed by atoms with Crippen LogP contribution in [0.3, 0.4) is 0 Å². The van der Waals surface area contributed by atoms with Gasteiger partial charge in [0, 0.05) is 11.5 Å². The highest BCUT2D eigenvalue weighted by atomic mass is 16.1. The zero-order valence-electron chi connectivity index (χ0n) is 8.70. The summed E-state index contributed by atoms with van der Waals surface area (Å²) in [5, 5.41) is 3.38. The predicted molar refractivity (Wildman–Crippen MR) is 58.9 cm³/mol. The summed E-state index contributed by atoms with van der Waals surface area (Å²) in [6.45, 7) is 2.00. The van der Waals surface area contributed by atoms with Crippen LogP contribution in [0.25, 0.3) is 0 Å². The molecule has 2 aliphatic rings. The molecule has 0 spiro atoms. The minimum Gasteiger partial charge on any atom is -0.316 e. The number of carbonyl (C=O) groups excluding carboxylic acids is 1. The molecule has 0 bridgehead atoms. The lowest BCUT2D eigenvalue weighted by Gasteiger charge is -2.35. The van der Waals surface area contributed by atoms with E-state index >= 15 is 0 Å². The number of hydrogen-bond donors (Lipinski definition) is 1. The van der Waals surface area contributed by atoms with Gasteiger partial charge in [-0.05, 0) is 37.4 Å². The van der Waals surface area contributed by atoms with E-state index in [9.17, 15) is 4.79 Å². The normalized spacial score (nSPS) is 29.5. The summed E-state index contributed by atoms with van der Waals surface area (Å²) >= 11 is 0. The van der Waals surface area contributed by atoms with E-state index in [1.165, 1.54) is 5.56 Å². The molecule has 0 saturated carbocycles. The first-order valence-corrected chi connectivity index (χ1v) is 5.69. The van der Waals surface area contributed by atoms with Crippen LogP contribution in [0, 0.1) is 11.8 Å². The standard InChI is InChI=1S/C13H15NO/c15-13-11-4-2-1-3-9(11)7-10-8-14-6-5-12(10)13/h1-4,10,12,14H,5-8H2/t10-,12-/m0/s1. The molecule has 0 aromatic heterocycles. The highest BCUT2D eigenvalue weighted by Gasteiger charge is 2.36. The van der Waals surface area contributed by atoms with E-state index in [4.69, 9.17) is 0 Å². The molecule has 0 radical (unpaired) electrons. The molecule has 0 unspecified atom stereocenters. The predicted octanol–water partition coefficient (Wildman–Crippen LogP) is 1.65. The number of ketones is 1. The number of benzene rings is 1. The molecule has 1 N–H and O–H groups in total. The number of hydrogen-bond acceptors (Lipinski definition) is 2. The van der Waals surface area contributed by atoms with Crippen molar-refractivity contribution in [3.63, 3.8) is 0 Å². The molecule has 1 aliphatic carbocycles. The van der Waals surface area contributed by atoms with Crippen LogP contribution < -0.4 is 5.32 Å². The van der Waals surface area contributed by atoms with Crippen LogP contribution >= 0.6 is 0 Å². The van der Waals surface area contributed by atoms with Crippen molar-refractivity contribution in [3.05, 3.63) is 35.4 Å². The van der Waals surface area contributed by atoms with E-state index in [0.29, 0.717) is 11.7 Å². The van der Waals surface area contributed by atoms with E-state index in [2.05, 4.69) is 11.4 Å². The van der Waals surface area contributed by atoms with Crippen LogP contribution in [0.1, 0.15) is 22.3 Å². The summed E-state index contributed by atoms with van der Waals surface area (Å²) in [5.41, 5.74) is 2.22. The van der Waals surface area contributed by atoms with E-state index in [0.717, 1.165) is 31.5 Å². The summed E-state index contributed by atoms with van der Waals surface area (Å²) < 4.78 is 0. The molecule has 1 aromatic rings. The van der Waals surface area contributed by atoms with Crippen molar-refractivity contribution >= 4 is 5.78 Å². The number of carbonyl (C=O) groups is 1. The maximum Gasteiger partial charge on any atom is 0.166 e. The molecular weight excluding hydrogens is 186 g/mol. The van der Waals surface area contributed by atoms with Gasteiger partial charge in [-0.25, -0.2) is 0 Å². The highest BCUT2D eigenvalue weighted by molar-refractivity contribution is 6.00. The van der Waals surface area contributed by atoms with Gasteiger partial charge in [0.1, 0.15) is 0 Å². The third-order valence-corrected chi connectivity index (χ3v) is 3.71. The van der Waals surface area contributed by atoms with Crippen LogP contribution in [0.15, 0.2) is 24.3 Å². The summed E-state index contributed by atoms with van der Waals surface area (Å²) in [4.78, 5) is 12.2. The Morgan fingerprint density at radius 3 is 3.07 bits per heavy atom. The zero-order valence-corrected chi connectivity index (χ0v) is 8.70. The Bertz CT molecular complexity index is 399. The van der Waals surface area contributed by atoms with Crippen LogP contribution in [-0.2, 0) is 6.42 Å². The van der Waals surface area contributed by atoms with Gasteiger partial charge in [-0.1, -0.05) is 24.3 Å². The van der Waals surface area contributed by atoms with Crippen molar-refractivity contribution in [1.82, 2.24) is 5.32 Å². The van der Waals surface area contributed by atoms with Crippen LogP contribution in [0.4, 0.5) is 0 Å². The van der Waals surface area contributed by atoms with Gasteiger partial charge >= 0.3 is 0 Å². The fourth-order valence-corrected chi connectivity index (χ4v) is 2.90. The van der Waals surface area contributed by atoms with Crippen molar-refractivity contribution in [1.29, 1.82) is 0 Å². The maximum absolute atomic E-state index is 12.2. The second-order valence-corrected chi connectivity index (χ2v) is 4.58. The molecule has 2 nitrogen and oxygen atoms in total. The lowest BCUT2D eigenvalue weighted by molar-refractivity contribution is 0.0815. The maximum atomic E-state index is 12.2. The van der Waals surface area contributed by atoms with E-state index in [1.807, 2.05) is 18.2 Å². The second-order valence-electron chi connectivity index (χ2n) is 4.58. The first-order chi connectivity index (χ1) is 7.36. The van der Waals surface area contributed by atoms with Crippen molar-refractivity contribution in [2.45, 2.75) is 12.8 Å². The van der Waals surface area contributed by atoms with Gasteiger partial charge in [-0.15, -0.1) is 0 Å². The van der Waals surface area contributed by atoms with Gasteiger partial charge in [0.05, 0.1) is 0 Å². The Kier molecular flexibility index (Phi) is 2.10. The number of nitrogens with one attached hydrogen (secondary N) is 1. The van der Waals surface area contributed by atoms with Gasteiger partial charge in [0.2, 0.25) is 0 Å². The Hall–Kier alpha value is -1.15. The Morgan fingerprint density at radius 1 is 1.27 bits per heavy atom. The molecule has 1 saturated heterocycles. The van der Waals surface area contributed by atoms with Gasteiger partial charge < -0.3 is 5.32 Å². The third kappa shape index (κ3) is 1.40. The Labute approximate surface area is 89.7 Å². The first kappa shape index (κ1) is 9.10. The van der Waals surface area contributed by atoms with Gasteiger partial charge in [-0.3, -0.25) is 4.79 Å². The summed E-state index contributed by atoms with van der Waals surface area (Å²) in [7, 11) is 0. The van der Waals surface area contributed by atoms with Gasteiger partial charge in [0.25, 0.3) is 0 Å². The smallest absolute Gasteiger partial charge is 0.166 e. The lowest BCUT2D eigenvalue weighted by Crippen LogP contribution is -2.43. The van der Waals surface area contributed by atoms with Crippen LogP contribution in [0.2, 0.25) is 0 Å². The summed E-state index contributed by atoms with van der Waals surface area (Å²) in [5.74, 6) is 1.19. The Balaban J connectivity index is 2.02. The Morgan fingerprint density at radius 2 is 2.13 bits per heavy atom. The largest absolute Gasteiger partial charge is 0.316 e. The highest BCUT2D eigenvalue weighted by Crippen LogP contribution is 2.33. The molecule has 2 atom stereocenters. The molecule has 78 valence electrons. The van der Waals surface area contributed by atoms with E-state index < -0.39 is 0 Å². The molecule has 2 heteroatoms. The molecular formula is C13H15NO. The van der Waals surface area contributed by atoms with Gasteiger partial charge in [-0.2, -0.15) is 0 Å². The van der Waals surface area contributed by atoms with E-state index in [1.54, 1.807) is 0 Å². The van der Waals surface area contributed by atoms with Crippen LogP contribution in [0.5, 0.6) is 0 Å². The summed E-state index contributed by atoms with van der Waals surface area (Å²) in [6.07, 6.45) is 2.08. The first-order valence-electron chi connectivity index (χ1n) is 5.69. The van der Waals surface area contributed by atoms with E-state index in [-0.39, 0.29) is 5.92 Å². The monoisotopic (exact) mass is 201 g/mol. The molecule has 1 fully saturated rings. The average Bonchev–Trinajstić information content (AvgIpc) is 2.30. The quantitative estimate of drug-likeness (QED) is 0.691. The second kappa shape index (κ2) is 3.46. The molecule has 1 aliphatic heterocycles. The van der Waals surface area contributed by atoms with Gasteiger partial charge in [0.15, 0.2) is 5.78 Å². The number of rotatable bonds is 0. The SMILES string of the molecule is O=C1c2ccccc2C[C@H]2CNCC[C@H]12. The topological polar surface area (TPSA) is 29.1 Å². The average molecular weight is 201 g/mol. The lowest BCUT2D eigenvalue weighted by atomic mass is 9.72.